The second-order valence-corrected chi connectivity index (χ2v) is 10.8. The minimum absolute atomic E-state index is 0.00306. The SMILES string of the molecule is CC(CCN1Cc2cc(C#CC#CC3C[C@@H](O)[C@@H](O)C3)cn2C1=O)(C(=O)NO)S(C)(=O)=O. The molecule has 0 saturated heterocycles. The molecule has 3 rings (SSSR count). The zero-order valence-corrected chi connectivity index (χ0v) is 18.5. The van der Waals surface area contributed by atoms with Crippen LogP contribution in [0.4, 0.5) is 4.79 Å². The molecule has 172 valence electrons. The van der Waals surface area contributed by atoms with E-state index in [1.807, 2.05) is 0 Å². The number of aliphatic hydroxyl groups excluding tert-OH is 2. The van der Waals surface area contributed by atoms with Crippen molar-refractivity contribution >= 4 is 21.8 Å². The highest BCUT2D eigenvalue weighted by atomic mass is 32.2. The largest absolute Gasteiger partial charge is 0.390 e. The smallest absolute Gasteiger partial charge is 0.328 e. The van der Waals surface area contributed by atoms with E-state index in [9.17, 15) is 28.2 Å². The fraction of sp³-hybridized carbons (Fsp3) is 0.524. The van der Waals surface area contributed by atoms with Crippen LogP contribution in [-0.2, 0) is 21.2 Å². The highest BCUT2D eigenvalue weighted by Crippen LogP contribution is 2.26. The Balaban J connectivity index is 1.63. The molecule has 1 aliphatic carbocycles. The number of carbonyl (C=O) groups excluding carboxylic acids is 2. The van der Waals surface area contributed by atoms with Crippen molar-refractivity contribution in [3.8, 4) is 23.7 Å². The first-order chi connectivity index (χ1) is 15.0. The van der Waals surface area contributed by atoms with Crippen LogP contribution in [0.5, 0.6) is 0 Å². The normalized spacial score (nSPS) is 24.1. The summed E-state index contributed by atoms with van der Waals surface area (Å²) in [5.74, 6) is 10.0. The van der Waals surface area contributed by atoms with E-state index in [-0.39, 0.29) is 31.5 Å². The van der Waals surface area contributed by atoms with Gasteiger partial charge in [0, 0.05) is 36.2 Å². The zero-order chi connectivity index (χ0) is 23.7. The molecule has 1 fully saturated rings. The molecule has 2 amide bonds. The van der Waals surface area contributed by atoms with Crippen molar-refractivity contribution in [3.05, 3.63) is 23.5 Å². The van der Waals surface area contributed by atoms with Crippen LogP contribution in [0.25, 0.3) is 0 Å². The van der Waals surface area contributed by atoms with E-state index < -0.39 is 32.7 Å². The van der Waals surface area contributed by atoms with Gasteiger partial charge in [-0.15, -0.1) is 0 Å². The third-order valence-electron chi connectivity index (χ3n) is 6.03. The van der Waals surface area contributed by atoms with Gasteiger partial charge < -0.3 is 15.1 Å². The first-order valence-electron chi connectivity index (χ1n) is 9.98. The number of rotatable bonds is 5. The fourth-order valence-electron chi connectivity index (χ4n) is 3.75. The maximum absolute atomic E-state index is 12.6. The van der Waals surface area contributed by atoms with Gasteiger partial charge in [0.15, 0.2) is 14.6 Å². The molecule has 11 heteroatoms. The van der Waals surface area contributed by atoms with E-state index in [1.54, 1.807) is 12.3 Å². The number of sulfone groups is 1. The summed E-state index contributed by atoms with van der Waals surface area (Å²) in [6.45, 7) is 1.43. The third kappa shape index (κ3) is 4.66. The van der Waals surface area contributed by atoms with E-state index >= 15 is 0 Å². The Morgan fingerprint density at radius 3 is 2.50 bits per heavy atom. The van der Waals surface area contributed by atoms with Gasteiger partial charge in [-0.2, -0.15) is 0 Å². The van der Waals surface area contributed by atoms with Gasteiger partial charge in [-0.25, -0.2) is 18.7 Å². The van der Waals surface area contributed by atoms with Crippen molar-refractivity contribution in [1.29, 1.82) is 0 Å². The molecule has 1 saturated carbocycles. The summed E-state index contributed by atoms with van der Waals surface area (Å²) in [6, 6.07) is 1.36. The minimum atomic E-state index is -3.85. The van der Waals surface area contributed by atoms with Crippen molar-refractivity contribution in [2.24, 2.45) is 5.92 Å². The lowest BCUT2D eigenvalue weighted by Crippen LogP contribution is -2.50. The number of amides is 2. The quantitative estimate of drug-likeness (QED) is 0.260. The summed E-state index contributed by atoms with van der Waals surface area (Å²) in [5, 5.41) is 27.9. The van der Waals surface area contributed by atoms with E-state index in [0.717, 1.165) is 6.26 Å². The van der Waals surface area contributed by atoms with Gasteiger partial charge in [-0.3, -0.25) is 14.6 Å². The standard InChI is InChI=1S/C21H25N3O7S/c1-21(19(27)22-29,32(2,30)31)7-8-23-13-16-9-15(12-24(16)20(23)28)6-4-3-5-14-10-17(25)18(26)11-14/h9,12,14,17-18,25-26,29H,7-8,10-11,13H2,1-2H3,(H,22,27)/t14?,17-,18+,21?. The summed E-state index contributed by atoms with van der Waals surface area (Å²) in [6.07, 6.45) is 1.62. The molecule has 1 aromatic heterocycles. The van der Waals surface area contributed by atoms with Crippen LogP contribution >= 0.6 is 0 Å². The summed E-state index contributed by atoms with van der Waals surface area (Å²) in [5.41, 5.74) is 2.65. The molecule has 4 atom stereocenters. The van der Waals surface area contributed by atoms with Crippen LogP contribution in [0.1, 0.15) is 37.4 Å². The average Bonchev–Trinajstić information content (AvgIpc) is 3.36. The van der Waals surface area contributed by atoms with Crippen LogP contribution in [0.3, 0.4) is 0 Å². The Kier molecular flexibility index (Phi) is 6.67. The van der Waals surface area contributed by atoms with E-state index in [1.165, 1.54) is 21.9 Å². The number of hydrogen-bond donors (Lipinski definition) is 4. The zero-order valence-electron chi connectivity index (χ0n) is 17.7. The minimum Gasteiger partial charge on any atom is -0.390 e. The average molecular weight is 464 g/mol. The molecule has 32 heavy (non-hydrogen) atoms. The van der Waals surface area contributed by atoms with Gasteiger partial charge >= 0.3 is 6.03 Å². The van der Waals surface area contributed by atoms with Crippen LogP contribution < -0.4 is 5.48 Å². The lowest BCUT2D eigenvalue weighted by molar-refractivity contribution is -0.131. The number of aliphatic hydroxyl groups is 2. The summed E-state index contributed by atoms with van der Waals surface area (Å²) in [4.78, 5) is 26.0. The summed E-state index contributed by atoms with van der Waals surface area (Å²) < 4.78 is 23.7. The van der Waals surface area contributed by atoms with E-state index in [4.69, 9.17) is 5.21 Å². The molecule has 1 aliphatic heterocycles. The van der Waals surface area contributed by atoms with Gasteiger partial charge in [-0.1, -0.05) is 11.8 Å². The molecule has 0 spiro atoms. The number of hydrogen-bond acceptors (Lipinski definition) is 7. The second kappa shape index (κ2) is 8.96. The topological polar surface area (TPSA) is 149 Å². The maximum Gasteiger partial charge on any atom is 0.328 e. The van der Waals surface area contributed by atoms with Gasteiger partial charge in [-0.05, 0) is 44.1 Å². The van der Waals surface area contributed by atoms with Crippen LogP contribution in [0.15, 0.2) is 12.3 Å². The number of carbonyl (C=O) groups is 2. The van der Waals surface area contributed by atoms with Crippen LogP contribution in [0.2, 0.25) is 0 Å². The summed E-state index contributed by atoms with van der Waals surface area (Å²) in [7, 11) is -3.85. The first kappa shape index (κ1) is 23.8. The molecule has 1 aromatic rings. The fourth-order valence-corrected chi connectivity index (χ4v) is 4.60. The van der Waals surface area contributed by atoms with Crippen LogP contribution in [-0.4, -0.2) is 75.0 Å². The molecule has 10 nitrogen and oxygen atoms in total. The molecule has 2 heterocycles. The Hall–Kier alpha value is -2.83. The Morgan fingerprint density at radius 1 is 1.28 bits per heavy atom. The van der Waals surface area contributed by atoms with Gasteiger partial charge in [0.25, 0.3) is 5.91 Å². The number of nitrogens with one attached hydrogen (secondary N) is 1. The van der Waals surface area contributed by atoms with Crippen molar-refractivity contribution < 1.29 is 33.4 Å². The lowest BCUT2D eigenvalue weighted by atomic mass is 10.1. The van der Waals surface area contributed by atoms with E-state index in [0.29, 0.717) is 24.1 Å². The first-order valence-corrected chi connectivity index (χ1v) is 11.9. The predicted octanol–water partition coefficient (Wildman–Crippen LogP) is -0.543. The number of aromatic nitrogens is 1. The monoisotopic (exact) mass is 463 g/mol. The molecule has 4 N–H and O–H groups in total. The van der Waals surface area contributed by atoms with Crippen molar-refractivity contribution in [2.75, 3.05) is 12.8 Å². The Morgan fingerprint density at radius 2 is 1.94 bits per heavy atom. The summed E-state index contributed by atoms with van der Waals surface area (Å²) >= 11 is 0. The number of hydroxylamine groups is 1. The molecular formula is C21H25N3O7S. The second-order valence-electron chi connectivity index (χ2n) is 8.31. The lowest BCUT2D eigenvalue weighted by Gasteiger charge is -2.27. The highest BCUT2D eigenvalue weighted by Gasteiger charge is 2.44. The van der Waals surface area contributed by atoms with E-state index in [2.05, 4.69) is 23.7 Å². The Labute approximate surface area is 186 Å². The van der Waals surface area contributed by atoms with Crippen molar-refractivity contribution in [2.45, 2.75) is 49.7 Å². The van der Waals surface area contributed by atoms with Crippen molar-refractivity contribution in [1.82, 2.24) is 14.9 Å². The van der Waals surface area contributed by atoms with Gasteiger partial charge in [0.2, 0.25) is 0 Å². The Bertz CT molecular complexity index is 1140. The number of nitrogens with zero attached hydrogens (tertiary/aromatic N) is 2. The molecule has 0 aromatic carbocycles. The van der Waals surface area contributed by atoms with Gasteiger partial charge in [0.1, 0.15) is 0 Å². The molecule has 2 unspecified atom stereocenters. The van der Waals surface area contributed by atoms with Crippen molar-refractivity contribution in [3.63, 3.8) is 0 Å². The molecule has 0 bridgehead atoms. The van der Waals surface area contributed by atoms with Crippen LogP contribution in [0, 0.1) is 29.6 Å². The maximum atomic E-state index is 12.6. The predicted molar refractivity (Wildman–Crippen MR) is 113 cm³/mol. The highest BCUT2D eigenvalue weighted by molar-refractivity contribution is 7.92. The molecular weight excluding hydrogens is 438 g/mol. The molecule has 2 aliphatic rings. The third-order valence-corrected chi connectivity index (χ3v) is 8.06. The number of fused-ring (bicyclic) bond motifs is 1. The van der Waals surface area contributed by atoms with Gasteiger partial charge in [0.05, 0.1) is 18.8 Å². The molecule has 0 radical (unpaired) electrons.